The van der Waals surface area contributed by atoms with Crippen molar-refractivity contribution in [1.82, 2.24) is 0 Å². The van der Waals surface area contributed by atoms with E-state index in [0.717, 1.165) is 0 Å². The summed E-state index contributed by atoms with van der Waals surface area (Å²) in [6, 6.07) is 0. The summed E-state index contributed by atoms with van der Waals surface area (Å²) < 4.78 is 0. The summed E-state index contributed by atoms with van der Waals surface area (Å²) in [7, 11) is 0. The van der Waals surface area contributed by atoms with Gasteiger partial charge in [0.25, 0.3) is 0 Å². The SMILES string of the molecule is CC(C)/C=C\N=CN. The van der Waals surface area contributed by atoms with Crippen LogP contribution < -0.4 is 5.73 Å². The molecule has 0 aliphatic rings. The third-order valence-corrected chi connectivity index (χ3v) is 0.643. The summed E-state index contributed by atoms with van der Waals surface area (Å²) in [5.74, 6) is 0.554. The number of rotatable bonds is 2. The Morgan fingerprint density at radius 2 is 2.12 bits per heavy atom. The van der Waals surface area contributed by atoms with Gasteiger partial charge < -0.3 is 5.73 Å². The van der Waals surface area contributed by atoms with Crippen molar-refractivity contribution in [2.75, 3.05) is 0 Å². The van der Waals surface area contributed by atoms with Crippen molar-refractivity contribution >= 4 is 6.34 Å². The van der Waals surface area contributed by atoms with Crippen LogP contribution in [0, 0.1) is 5.92 Å². The molecule has 0 spiro atoms. The Balaban J connectivity index is 3.34. The minimum Gasteiger partial charge on any atom is -0.390 e. The first kappa shape index (κ1) is 7.21. The zero-order valence-corrected chi connectivity index (χ0v) is 5.33. The van der Waals surface area contributed by atoms with Crippen LogP contribution in [0.2, 0.25) is 0 Å². The van der Waals surface area contributed by atoms with Crippen molar-refractivity contribution in [3.8, 4) is 0 Å². The van der Waals surface area contributed by atoms with E-state index in [2.05, 4.69) is 18.8 Å². The van der Waals surface area contributed by atoms with Gasteiger partial charge in [0.15, 0.2) is 0 Å². The van der Waals surface area contributed by atoms with Crippen LogP contribution in [-0.4, -0.2) is 6.34 Å². The maximum absolute atomic E-state index is 4.97. The summed E-state index contributed by atoms with van der Waals surface area (Å²) >= 11 is 0. The molecular formula is C6H12N2. The second kappa shape index (κ2) is 4.37. The molecule has 0 rings (SSSR count). The lowest BCUT2D eigenvalue weighted by Gasteiger charge is -1.87. The molecule has 2 nitrogen and oxygen atoms in total. The largest absolute Gasteiger partial charge is 0.390 e. The quantitative estimate of drug-likeness (QED) is 0.422. The third-order valence-electron chi connectivity index (χ3n) is 0.643. The highest BCUT2D eigenvalue weighted by Crippen LogP contribution is 1.91. The molecule has 8 heavy (non-hydrogen) atoms. The Morgan fingerprint density at radius 1 is 1.50 bits per heavy atom. The number of nitrogens with two attached hydrogens (primary N) is 1. The molecule has 2 N–H and O–H groups in total. The van der Waals surface area contributed by atoms with Gasteiger partial charge in [0.2, 0.25) is 0 Å². The lowest BCUT2D eigenvalue weighted by molar-refractivity contribution is 0.829. The van der Waals surface area contributed by atoms with E-state index >= 15 is 0 Å². The van der Waals surface area contributed by atoms with Gasteiger partial charge in [-0.15, -0.1) is 0 Å². The highest BCUT2D eigenvalue weighted by molar-refractivity contribution is 5.52. The molecule has 0 heterocycles. The molecule has 0 aromatic heterocycles. The van der Waals surface area contributed by atoms with Gasteiger partial charge in [0, 0.05) is 6.20 Å². The summed E-state index contributed by atoms with van der Waals surface area (Å²) in [5, 5.41) is 0. The van der Waals surface area contributed by atoms with Crippen molar-refractivity contribution in [2.24, 2.45) is 16.6 Å². The minimum atomic E-state index is 0.554. The molecule has 46 valence electrons. The summed E-state index contributed by atoms with van der Waals surface area (Å²) in [6.07, 6.45) is 4.95. The lowest BCUT2D eigenvalue weighted by atomic mass is 10.2. The summed E-state index contributed by atoms with van der Waals surface area (Å²) in [6.45, 7) is 4.17. The van der Waals surface area contributed by atoms with Crippen molar-refractivity contribution in [3.05, 3.63) is 12.3 Å². The Labute approximate surface area is 50.1 Å². The Kier molecular flexibility index (Phi) is 3.94. The van der Waals surface area contributed by atoms with Crippen LogP contribution in [-0.2, 0) is 0 Å². The molecule has 0 fully saturated rings. The van der Waals surface area contributed by atoms with Crippen LogP contribution in [0.4, 0.5) is 0 Å². The van der Waals surface area contributed by atoms with Gasteiger partial charge in [-0.25, -0.2) is 4.99 Å². The predicted molar refractivity (Wildman–Crippen MR) is 36.7 cm³/mol. The van der Waals surface area contributed by atoms with Crippen LogP contribution in [0.15, 0.2) is 17.3 Å². The zero-order valence-electron chi connectivity index (χ0n) is 5.33. The van der Waals surface area contributed by atoms with E-state index in [1.807, 2.05) is 6.08 Å². The first-order chi connectivity index (χ1) is 3.77. The third kappa shape index (κ3) is 5.21. The van der Waals surface area contributed by atoms with Crippen LogP contribution in [0.5, 0.6) is 0 Å². The summed E-state index contributed by atoms with van der Waals surface area (Å²) in [4.78, 5) is 3.68. The molecule has 0 aliphatic carbocycles. The van der Waals surface area contributed by atoms with Crippen LogP contribution in [0.3, 0.4) is 0 Å². The first-order valence-corrected chi connectivity index (χ1v) is 2.67. The standard InChI is InChI=1S/C6H12N2/c1-6(2)3-4-8-5-7/h3-6H,1-2H3,(H2,7,8)/b4-3-. The maximum atomic E-state index is 4.97. The number of hydrogen-bond acceptors (Lipinski definition) is 1. The van der Waals surface area contributed by atoms with E-state index in [-0.39, 0.29) is 0 Å². The molecule has 0 unspecified atom stereocenters. The Morgan fingerprint density at radius 3 is 2.50 bits per heavy atom. The highest BCUT2D eigenvalue weighted by atomic mass is 14.8. The number of nitrogens with zero attached hydrogens (tertiary/aromatic N) is 1. The van der Waals surface area contributed by atoms with E-state index in [1.165, 1.54) is 6.34 Å². The van der Waals surface area contributed by atoms with Gasteiger partial charge in [-0.3, -0.25) is 0 Å². The second-order valence-electron chi connectivity index (χ2n) is 1.88. The van der Waals surface area contributed by atoms with E-state index < -0.39 is 0 Å². The Bertz CT molecular complexity index is 92.7. The summed E-state index contributed by atoms with van der Waals surface area (Å²) in [5.41, 5.74) is 4.97. The van der Waals surface area contributed by atoms with Gasteiger partial charge in [0.05, 0.1) is 6.34 Å². The van der Waals surface area contributed by atoms with Crippen molar-refractivity contribution in [2.45, 2.75) is 13.8 Å². The monoisotopic (exact) mass is 112 g/mol. The molecule has 0 saturated carbocycles. The van der Waals surface area contributed by atoms with Gasteiger partial charge in [-0.1, -0.05) is 19.9 Å². The van der Waals surface area contributed by atoms with Crippen LogP contribution >= 0.6 is 0 Å². The molecule has 0 aromatic rings. The average molecular weight is 112 g/mol. The normalized spacial score (nSPS) is 12.4. The van der Waals surface area contributed by atoms with Crippen molar-refractivity contribution in [3.63, 3.8) is 0 Å². The van der Waals surface area contributed by atoms with Crippen LogP contribution in [0.25, 0.3) is 0 Å². The van der Waals surface area contributed by atoms with E-state index in [1.54, 1.807) is 6.20 Å². The number of allylic oxidation sites excluding steroid dienone is 1. The molecular weight excluding hydrogens is 100 g/mol. The predicted octanol–water partition coefficient (Wildman–Crippen LogP) is 1.14. The van der Waals surface area contributed by atoms with Gasteiger partial charge in [0.1, 0.15) is 0 Å². The Hall–Kier alpha value is -0.790. The topological polar surface area (TPSA) is 38.4 Å². The van der Waals surface area contributed by atoms with Crippen molar-refractivity contribution < 1.29 is 0 Å². The van der Waals surface area contributed by atoms with Crippen molar-refractivity contribution in [1.29, 1.82) is 0 Å². The molecule has 0 amide bonds. The molecule has 0 saturated heterocycles. The maximum Gasteiger partial charge on any atom is 0.0852 e. The fourth-order valence-corrected chi connectivity index (χ4v) is 0.272. The molecule has 0 aliphatic heterocycles. The second-order valence-corrected chi connectivity index (χ2v) is 1.88. The van der Waals surface area contributed by atoms with Gasteiger partial charge in [-0.05, 0) is 5.92 Å². The fourth-order valence-electron chi connectivity index (χ4n) is 0.272. The van der Waals surface area contributed by atoms with E-state index in [4.69, 9.17) is 5.73 Å². The van der Waals surface area contributed by atoms with E-state index in [0.29, 0.717) is 5.92 Å². The smallest absolute Gasteiger partial charge is 0.0852 e. The fraction of sp³-hybridized carbons (Fsp3) is 0.500. The zero-order chi connectivity index (χ0) is 6.41. The first-order valence-electron chi connectivity index (χ1n) is 2.67. The van der Waals surface area contributed by atoms with Crippen LogP contribution in [0.1, 0.15) is 13.8 Å². The van der Waals surface area contributed by atoms with Gasteiger partial charge >= 0.3 is 0 Å². The number of hydrogen-bond donors (Lipinski definition) is 1. The molecule has 2 heteroatoms. The molecule has 0 radical (unpaired) electrons. The molecule has 0 bridgehead atoms. The van der Waals surface area contributed by atoms with E-state index in [9.17, 15) is 0 Å². The molecule has 0 aromatic carbocycles. The average Bonchev–Trinajstić information content (AvgIpc) is 1.66. The number of aliphatic imine (C=N–C) groups is 1. The van der Waals surface area contributed by atoms with Gasteiger partial charge in [-0.2, -0.15) is 0 Å². The highest BCUT2D eigenvalue weighted by Gasteiger charge is 1.78. The minimum absolute atomic E-state index is 0.554. The molecule has 0 atom stereocenters. The lowest BCUT2D eigenvalue weighted by Crippen LogP contribution is -1.85.